The maximum Gasteiger partial charge on any atom is 0.262 e. The number of nitrogens with one attached hydrogen (secondary N) is 1. The molecule has 2 aromatic rings. The second kappa shape index (κ2) is 2.82. The fraction of sp³-hybridized carbons (Fsp3) is 0. The summed E-state index contributed by atoms with van der Waals surface area (Å²) in [4.78, 5) is 23.2. The van der Waals surface area contributed by atoms with E-state index in [-0.39, 0.29) is 11.3 Å². The zero-order chi connectivity index (χ0) is 11.3. The molecule has 0 radical (unpaired) electrons. The van der Waals surface area contributed by atoms with Crippen LogP contribution in [0.15, 0.2) is 30.3 Å². The average Bonchev–Trinajstić information content (AvgIpc) is 2.26. The lowest BCUT2D eigenvalue weighted by Gasteiger charge is -2.17. The van der Waals surface area contributed by atoms with Crippen molar-refractivity contribution >= 4 is 22.6 Å². The molecule has 0 aromatic heterocycles. The van der Waals surface area contributed by atoms with Gasteiger partial charge in [0.25, 0.3) is 11.8 Å². The molecular formula is C12H7NO3. The first-order valence-electron chi connectivity index (χ1n) is 4.79. The summed E-state index contributed by atoms with van der Waals surface area (Å²) in [6, 6.07) is 8.31. The van der Waals surface area contributed by atoms with Crippen molar-refractivity contribution in [2.75, 3.05) is 0 Å². The van der Waals surface area contributed by atoms with Gasteiger partial charge in [0, 0.05) is 10.9 Å². The summed E-state index contributed by atoms with van der Waals surface area (Å²) < 4.78 is 0. The molecule has 78 valence electrons. The molecule has 1 heterocycles. The fourth-order valence-corrected chi connectivity index (χ4v) is 2.02. The van der Waals surface area contributed by atoms with Crippen LogP contribution in [0.2, 0.25) is 0 Å². The highest BCUT2D eigenvalue weighted by Gasteiger charge is 2.26. The Kier molecular flexibility index (Phi) is 1.57. The molecule has 4 nitrogen and oxygen atoms in total. The summed E-state index contributed by atoms with van der Waals surface area (Å²) in [6.45, 7) is 0. The van der Waals surface area contributed by atoms with Crippen LogP contribution in [0.4, 0.5) is 0 Å². The van der Waals surface area contributed by atoms with Crippen LogP contribution in [-0.4, -0.2) is 16.9 Å². The zero-order valence-corrected chi connectivity index (χ0v) is 8.15. The van der Waals surface area contributed by atoms with Gasteiger partial charge in [-0.3, -0.25) is 14.9 Å². The minimum atomic E-state index is -0.549. The lowest BCUT2D eigenvalue weighted by atomic mass is 9.94. The molecule has 0 saturated carbocycles. The molecule has 0 saturated heterocycles. The second-order valence-corrected chi connectivity index (χ2v) is 3.65. The van der Waals surface area contributed by atoms with Crippen LogP contribution in [0, 0.1) is 0 Å². The van der Waals surface area contributed by atoms with Crippen LogP contribution in [0.1, 0.15) is 20.7 Å². The van der Waals surface area contributed by atoms with Gasteiger partial charge in [0.15, 0.2) is 0 Å². The normalized spacial score (nSPS) is 14.0. The Hall–Kier alpha value is -2.36. The molecule has 2 aromatic carbocycles. The highest BCUT2D eigenvalue weighted by molar-refractivity contribution is 6.26. The predicted molar refractivity (Wildman–Crippen MR) is 57.4 cm³/mol. The molecule has 3 rings (SSSR count). The van der Waals surface area contributed by atoms with Gasteiger partial charge in [0.2, 0.25) is 0 Å². The molecule has 1 aliphatic rings. The largest absolute Gasteiger partial charge is 0.507 e. The number of hydrogen-bond donors (Lipinski definition) is 2. The number of aromatic hydroxyl groups is 1. The van der Waals surface area contributed by atoms with Crippen LogP contribution in [-0.2, 0) is 0 Å². The summed E-state index contributed by atoms with van der Waals surface area (Å²) in [5, 5.41) is 13.1. The number of carbonyl (C=O) groups excluding carboxylic acids is 2. The Bertz CT molecular complexity index is 646. The Morgan fingerprint density at radius 2 is 1.81 bits per heavy atom. The number of imide groups is 1. The maximum atomic E-state index is 11.6. The second-order valence-electron chi connectivity index (χ2n) is 3.65. The Labute approximate surface area is 90.5 Å². The van der Waals surface area contributed by atoms with E-state index in [0.717, 1.165) is 5.39 Å². The molecule has 2 N–H and O–H groups in total. The van der Waals surface area contributed by atoms with Crippen LogP contribution >= 0.6 is 0 Å². The van der Waals surface area contributed by atoms with E-state index in [1.54, 1.807) is 24.3 Å². The van der Waals surface area contributed by atoms with E-state index in [1.165, 1.54) is 6.07 Å². The third-order valence-corrected chi connectivity index (χ3v) is 2.72. The van der Waals surface area contributed by atoms with E-state index in [2.05, 4.69) is 5.32 Å². The van der Waals surface area contributed by atoms with E-state index in [1.807, 2.05) is 0 Å². The lowest BCUT2D eigenvalue weighted by molar-refractivity contribution is 0.0843. The molecule has 0 spiro atoms. The number of carbonyl (C=O) groups is 2. The Balaban J connectivity index is 2.58. The molecule has 0 atom stereocenters. The molecule has 0 fully saturated rings. The number of rotatable bonds is 0. The first-order valence-corrected chi connectivity index (χ1v) is 4.79. The van der Waals surface area contributed by atoms with Crippen molar-refractivity contribution < 1.29 is 14.7 Å². The topological polar surface area (TPSA) is 66.4 Å². The van der Waals surface area contributed by atoms with E-state index < -0.39 is 11.8 Å². The van der Waals surface area contributed by atoms with E-state index in [9.17, 15) is 14.7 Å². The van der Waals surface area contributed by atoms with Crippen molar-refractivity contribution in [1.82, 2.24) is 5.32 Å². The third-order valence-electron chi connectivity index (χ3n) is 2.72. The molecule has 0 bridgehead atoms. The molecule has 16 heavy (non-hydrogen) atoms. The van der Waals surface area contributed by atoms with Gasteiger partial charge < -0.3 is 5.11 Å². The minimum absolute atomic E-state index is 0.107. The SMILES string of the molecule is O=C1NC(=O)c2c(O)ccc3cccc1c23. The predicted octanol–water partition coefficient (Wildman–Crippen LogP) is 1.43. The number of phenols is 1. The lowest BCUT2D eigenvalue weighted by Crippen LogP contribution is -2.34. The van der Waals surface area contributed by atoms with Crippen molar-refractivity contribution in [2.24, 2.45) is 0 Å². The Morgan fingerprint density at radius 1 is 1.00 bits per heavy atom. The fourth-order valence-electron chi connectivity index (χ4n) is 2.02. The summed E-state index contributed by atoms with van der Waals surface area (Å²) >= 11 is 0. The van der Waals surface area contributed by atoms with Crippen LogP contribution in [0.25, 0.3) is 10.8 Å². The van der Waals surface area contributed by atoms with Crippen LogP contribution in [0.3, 0.4) is 0 Å². The van der Waals surface area contributed by atoms with E-state index in [0.29, 0.717) is 10.9 Å². The quantitative estimate of drug-likeness (QED) is 0.650. The summed E-state index contributed by atoms with van der Waals surface area (Å²) in [5.74, 6) is -1.08. The molecule has 1 aliphatic heterocycles. The highest BCUT2D eigenvalue weighted by Crippen LogP contribution is 2.32. The monoisotopic (exact) mass is 213 g/mol. The van der Waals surface area contributed by atoms with Crippen molar-refractivity contribution in [3.8, 4) is 5.75 Å². The molecule has 2 amide bonds. The van der Waals surface area contributed by atoms with Crippen molar-refractivity contribution in [3.63, 3.8) is 0 Å². The molecule has 0 aliphatic carbocycles. The number of phenolic OH excluding ortho intramolecular Hbond substituents is 1. The zero-order valence-electron chi connectivity index (χ0n) is 8.15. The number of amides is 2. The van der Waals surface area contributed by atoms with Crippen molar-refractivity contribution in [2.45, 2.75) is 0 Å². The van der Waals surface area contributed by atoms with Gasteiger partial charge >= 0.3 is 0 Å². The minimum Gasteiger partial charge on any atom is -0.507 e. The molecule has 0 unspecified atom stereocenters. The summed E-state index contributed by atoms with van der Waals surface area (Å²) in [5.41, 5.74) is 0.593. The van der Waals surface area contributed by atoms with Gasteiger partial charge in [-0.25, -0.2) is 0 Å². The van der Waals surface area contributed by atoms with Crippen LogP contribution < -0.4 is 5.32 Å². The summed E-state index contributed by atoms with van der Waals surface area (Å²) in [6.07, 6.45) is 0. The van der Waals surface area contributed by atoms with E-state index >= 15 is 0 Å². The van der Waals surface area contributed by atoms with Gasteiger partial charge in [-0.15, -0.1) is 0 Å². The first-order chi connectivity index (χ1) is 7.68. The van der Waals surface area contributed by atoms with Crippen LogP contribution in [0.5, 0.6) is 5.75 Å². The standard InChI is InChI=1S/C12H7NO3/c14-8-5-4-6-2-1-3-7-9(6)10(8)12(16)13-11(7)15/h1-5,14H,(H,13,15,16). The number of hydrogen-bond acceptors (Lipinski definition) is 3. The van der Waals surface area contributed by atoms with Gasteiger partial charge in [0.05, 0.1) is 5.56 Å². The first kappa shape index (κ1) is 8.91. The average molecular weight is 213 g/mol. The molecular weight excluding hydrogens is 206 g/mol. The van der Waals surface area contributed by atoms with E-state index in [4.69, 9.17) is 0 Å². The summed E-state index contributed by atoms with van der Waals surface area (Å²) in [7, 11) is 0. The van der Waals surface area contributed by atoms with Gasteiger partial charge in [-0.1, -0.05) is 18.2 Å². The van der Waals surface area contributed by atoms with Gasteiger partial charge in [-0.05, 0) is 17.5 Å². The van der Waals surface area contributed by atoms with Crippen molar-refractivity contribution in [1.29, 1.82) is 0 Å². The smallest absolute Gasteiger partial charge is 0.262 e. The van der Waals surface area contributed by atoms with Gasteiger partial charge in [0.1, 0.15) is 5.75 Å². The maximum absolute atomic E-state index is 11.6. The molecule has 4 heteroatoms. The Morgan fingerprint density at radius 3 is 2.62 bits per heavy atom. The van der Waals surface area contributed by atoms with Crippen molar-refractivity contribution in [3.05, 3.63) is 41.5 Å². The third kappa shape index (κ3) is 0.982. The van der Waals surface area contributed by atoms with Gasteiger partial charge in [-0.2, -0.15) is 0 Å². The highest BCUT2D eigenvalue weighted by atomic mass is 16.3. The number of benzene rings is 2.